The van der Waals surface area contributed by atoms with Gasteiger partial charge in [-0.1, -0.05) is 12.1 Å². The Morgan fingerprint density at radius 3 is 2.60 bits per heavy atom. The number of rotatable bonds is 1. The molecule has 0 radical (unpaired) electrons. The summed E-state index contributed by atoms with van der Waals surface area (Å²) in [6.07, 6.45) is -3.00. The fourth-order valence-electron chi connectivity index (χ4n) is 1.13. The topological polar surface area (TPSA) is 25.8 Å². The van der Waals surface area contributed by atoms with E-state index in [2.05, 4.69) is 9.36 Å². The second-order valence-corrected chi connectivity index (χ2v) is 3.61. The highest BCUT2D eigenvalue weighted by molar-refractivity contribution is 7.09. The largest absolute Gasteiger partial charge is 0.416 e. The molecule has 78 valence electrons. The van der Waals surface area contributed by atoms with Crippen LogP contribution in [0.25, 0.3) is 10.6 Å². The normalized spacial score (nSPS) is 11.7. The van der Waals surface area contributed by atoms with Gasteiger partial charge in [0.2, 0.25) is 0 Å². The van der Waals surface area contributed by atoms with Gasteiger partial charge in [0.05, 0.1) is 5.56 Å². The van der Waals surface area contributed by atoms with E-state index in [4.69, 9.17) is 0 Å². The molecule has 2 rings (SSSR count). The Hall–Kier alpha value is -1.43. The molecule has 15 heavy (non-hydrogen) atoms. The maximum Gasteiger partial charge on any atom is 0.416 e. The van der Waals surface area contributed by atoms with E-state index in [1.165, 1.54) is 12.4 Å². The molecule has 1 aromatic heterocycles. The summed E-state index contributed by atoms with van der Waals surface area (Å²) in [6.45, 7) is 0. The molecule has 0 saturated carbocycles. The van der Waals surface area contributed by atoms with Crippen LogP contribution < -0.4 is 0 Å². The van der Waals surface area contributed by atoms with E-state index in [-0.39, 0.29) is 0 Å². The first-order valence-electron chi connectivity index (χ1n) is 4.02. The van der Waals surface area contributed by atoms with Crippen molar-refractivity contribution in [3.05, 3.63) is 36.2 Å². The lowest BCUT2D eigenvalue weighted by Gasteiger charge is -2.06. The van der Waals surface area contributed by atoms with Crippen LogP contribution in [0.5, 0.6) is 0 Å². The third-order valence-electron chi connectivity index (χ3n) is 1.80. The molecule has 0 amide bonds. The van der Waals surface area contributed by atoms with E-state index in [9.17, 15) is 13.2 Å². The molecule has 0 N–H and O–H groups in total. The SMILES string of the molecule is FC(F)(F)c1cccc(-c2ncns2)c1. The van der Waals surface area contributed by atoms with Crippen LogP contribution in [0.1, 0.15) is 5.56 Å². The van der Waals surface area contributed by atoms with E-state index >= 15 is 0 Å². The Bertz CT molecular complexity index is 451. The van der Waals surface area contributed by atoms with Crippen LogP contribution in [0.15, 0.2) is 30.6 Å². The summed E-state index contributed by atoms with van der Waals surface area (Å²) in [6, 6.07) is 5.04. The van der Waals surface area contributed by atoms with Crippen molar-refractivity contribution in [2.75, 3.05) is 0 Å². The second kappa shape index (κ2) is 3.62. The van der Waals surface area contributed by atoms with Gasteiger partial charge < -0.3 is 0 Å². The van der Waals surface area contributed by atoms with Crippen molar-refractivity contribution >= 4 is 11.5 Å². The van der Waals surface area contributed by atoms with Gasteiger partial charge in [-0.25, -0.2) is 4.98 Å². The van der Waals surface area contributed by atoms with Crippen LogP contribution in [0.2, 0.25) is 0 Å². The van der Waals surface area contributed by atoms with Crippen molar-refractivity contribution in [2.24, 2.45) is 0 Å². The smallest absolute Gasteiger partial charge is 0.223 e. The first kappa shape index (κ1) is 10.1. The van der Waals surface area contributed by atoms with Crippen LogP contribution in [-0.2, 0) is 6.18 Å². The number of aromatic nitrogens is 2. The minimum atomic E-state index is -4.32. The van der Waals surface area contributed by atoms with Crippen molar-refractivity contribution in [2.45, 2.75) is 6.18 Å². The first-order valence-corrected chi connectivity index (χ1v) is 4.79. The van der Waals surface area contributed by atoms with Gasteiger partial charge in [0.1, 0.15) is 11.3 Å². The average Bonchev–Trinajstić information content (AvgIpc) is 2.69. The number of halogens is 3. The Balaban J connectivity index is 2.44. The predicted octanol–water partition coefficient (Wildman–Crippen LogP) is 3.22. The summed E-state index contributed by atoms with van der Waals surface area (Å²) in [4.78, 5) is 3.85. The summed E-state index contributed by atoms with van der Waals surface area (Å²) in [5.74, 6) is 0. The Morgan fingerprint density at radius 1 is 1.20 bits per heavy atom. The number of nitrogens with zero attached hydrogens (tertiary/aromatic N) is 2. The van der Waals surface area contributed by atoms with E-state index in [0.717, 1.165) is 23.7 Å². The molecule has 0 aliphatic rings. The molecule has 0 atom stereocenters. The zero-order valence-corrected chi connectivity index (χ0v) is 8.14. The maximum absolute atomic E-state index is 12.4. The third kappa shape index (κ3) is 2.15. The first-order chi connectivity index (χ1) is 7.07. The lowest BCUT2D eigenvalue weighted by molar-refractivity contribution is -0.137. The molecule has 0 aliphatic carbocycles. The van der Waals surface area contributed by atoms with Gasteiger partial charge >= 0.3 is 6.18 Å². The Labute approximate surface area is 87.6 Å². The second-order valence-electron chi connectivity index (χ2n) is 2.82. The van der Waals surface area contributed by atoms with E-state index in [0.29, 0.717) is 10.6 Å². The van der Waals surface area contributed by atoms with E-state index in [1.807, 2.05) is 0 Å². The van der Waals surface area contributed by atoms with Gasteiger partial charge in [0, 0.05) is 5.56 Å². The van der Waals surface area contributed by atoms with Gasteiger partial charge in [-0.15, -0.1) is 0 Å². The average molecular weight is 230 g/mol. The molecule has 0 saturated heterocycles. The molecule has 0 unspecified atom stereocenters. The van der Waals surface area contributed by atoms with Gasteiger partial charge in [-0.2, -0.15) is 17.5 Å². The molecule has 0 spiro atoms. The molecule has 2 aromatic rings. The van der Waals surface area contributed by atoms with Crippen molar-refractivity contribution in [3.8, 4) is 10.6 Å². The highest BCUT2D eigenvalue weighted by Gasteiger charge is 2.30. The van der Waals surface area contributed by atoms with Gasteiger partial charge in [-0.05, 0) is 23.7 Å². The predicted molar refractivity (Wildman–Crippen MR) is 50.3 cm³/mol. The molecular weight excluding hydrogens is 225 g/mol. The number of alkyl halides is 3. The minimum Gasteiger partial charge on any atom is -0.223 e. The zero-order chi connectivity index (χ0) is 10.9. The summed E-state index contributed by atoms with van der Waals surface area (Å²) < 4.78 is 40.9. The Kier molecular flexibility index (Phi) is 2.44. The van der Waals surface area contributed by atoms with Crippen molar-refractivity contribution in [3.63, 3.8) is 0 Å². The Morgan fingerprint density at radius 2 is 2.00 bits per heavy atom. The number of hydrogen-bond donors (Lipinski definition) is 0. The van der Waals surface area contributed by atoms with Crippen LogP contribution in [-0.4, -0.2) is 9.36 Å². The standard InChI is InChI=1S/C9H5F3N2S/c10-9(11,12)7-3-1-2-6(4-7)8-13-5-14-15-8/h1-5H. The van der Waals surface area contributed by atoms with Crippen LogP contribution in [0, 0.1) is 0 Å². The molecule has 1 heterocycles. The lowest BCUT2D eigenvalue weighted by atomic mass is 10.1. The number of benzene rings is 1. The van der Waals surface area contributed by atoms with Crippen molar-refractivity contribution in [1.29, 1.82) is 0 Å². The zero-order valence-electron chi connectivity index (χ0n) is 7.32. The summed E-state index contributed by atoms with van der Waals surface area (Å²) in [5.41, 5.74) is -0.234. The molecular formula is C9H5F3N2S. The summed E-state index contributed by atoms with van der Waals surface area (Å²) in [7, 11) is 0. The number of hydrogen-bond acceptors (Lipinski definition) is 3. The van der Waals surface area contributed by atoms with Crippen LogP contribution in [0.3, 0.4) is 0 Å². The minimum absolute atomic E-state index is 0.437. The van der Waals surface area contributed by atoms with Crippen LogP contribution >= 0.6 is 11.5 Å². The van der Waals surface area contributed by atoms with E-state index < -0.39 is 11.7 Å². The molecule has 0 fully saturated rings. The molecule has 0 aliphatic heterocycles. The molecule has 2 nitrogen and oxygen atoms in total. The maximum atomic E-state index is 12.4. The highest BCUT2D eigenvalue weighted by atomic mass is 32.1. The van der Waals surface area contributed by atoms with E-state index in [1.54, 1.807) is 6.07 Å². The van der Waals surface area contributed by atoms with Crippen molar-refractivity contribution in [1.82, 2.24) is 9.36 Å². The lowest BCUT2D eigenvalue weighted by Crippen LogP contribution is -2.04. The summed E-state index contributed by atoms with van der Waals surface area (Å²) in [5, 5.41) is 0.487. The summed E-state index contributed by atoms with van der Waals surface area (Å²) >= 11 is 1.07. The molecule has 1 aromatic carbocycles. The van der Waals surface area contributed by atoms with Gasteiger partial charge in [0.15, 0.2) is 0 Å². The van der Waals surface area contributed by atoms with Crippen molar-refractivity contribution < 1.29 is 13.2 Å². The third-order valence-corrected chi connectivity index (χ3v) is 2.51. The fourth-order valence-corrected chi connectivity index (χ4v) is 1.65. The fraction of sp³-hybridized carbons (Fsp3) is 0.111. The molecule has 0 bridgehead atoms. The van der Waals surface area contributed by atoms with Gasteiger partial charge in [-0.3, -0.25) is 0 Å². The highest BCUT2D eigenvalue weighted by Crippen LogP contribution is 2.32. The van der Waals surface area contributed by atoms with Crippen LogP contribution in [0.4, 0.5) is 13.2 Å². The quantitative estimate of drug-likeness (QED) is 0.751. The molecule has 6 heteroatoms. The van der Waals surface area contributed by atoms with Gasteiger partial charge in [0.25, 0.3) is 0 Å². The monoisotopic (exact) mass is 230 g/mol.